The second-order valence-corrected chi connectivity index (χ2v) is 7.15. The summed E-state index contributed by atoms with van der Waals surface area (Å²) in [5, 5.41) is 11.6. The Kier molecular flexibility index (Phi) is 5.42. The molecule has 0 aliphatic rings. The lowest BCUT2D eigenvalue weighted by molar-refractivity contribution is 0.0997. The zero-order chi connectivity index (χ0) is 22.8. The van der Waals surface area contributed by atoms with Crippen LogP contribution in [-0.4, -0.2) is 36.4 Å². The van der Waals surface area contributed by atoms with Crippen LogP contribution < -0.4 is 16.8 Å². The summed E-state index contributed by atoms with van der Waals surface area (Å²) in [6.45, 7) is 3.74. The Morgan fingerprint density at radius 2 is 1.75 bits per heavy atom. The number of rotatable bonds is 6. The van der Waals surface area contributed by atoms with Gasteiger partial charge in [0.05, 0.1) is 17.1 Å². The van der Waals surface area contributed by atoms with Crippen LogP contribution >= 0.6 is 0 Å². The molecule has 0 spiro atoms. The Balaban J connectivity index is 1.58. The Hall–Kier alpha value is -4.47. The number of amides is 2. The first-order chi connectivity index (χ1) is 15.4. The largest absolute Gasteiger partial charge is 0.368 e. The van der Waals surface area contributed by atoms with Gasteiger partial charge < -0.3 is 16.8 Å². The fourth-order valence-corrected chi connectivity index (χ4v) is 3.24. The van der Waals surface area contributed by atoms with E-state index >= 15 is 0 Å². The van der Waals surface area contributed by atoms with Crippen molar-refractivity contribution in [3.63, 3.8) is 0 Å². The maximum atomic E-state index is 13.0. The van der Waals surface area contributed by atoms with Crippen LogP contribution in [0.3, 0.4) is 0 Å². The lowest BCUT2D eigenvalue weighted by Gasteiger charge is -2.10. The van der Waals surface area contributed by atoms with Crippen molar-refractivity contribution in [1.29, 1.82) is 0 Å². The lowest BCUT2D eigenvalue weighted by Crippen LogP contribution is -2.17. The van der Waals surface area contributed by atoms with E-state index in [0.29, 0.717) is 46.5 Å². The molecule has 0 aliphatic carbocycles. The number of carbonyl (C=O) groups is 2. The van der Waals surface area contributed by atoms with Crippen LogP contribution in [0.2, 0.25) is 0 Å². The second kappa shape index (κ2) is 8.34. The maximum absolute atomic E-state index is 13.0. The Labute approximate surface area is 183 Å². The van der Waals surface area contributed by atoms with Crippen molar-refractivity contribution in [1.82, 2.24) is 24.5 Å². The molecule has 162 valence electrons. The number of nitrogen functional groups attached to an aromatic ring is 1. The van der Waals surface area contributed by atoms with Crippen LogP contribution in [0.5, 0.6) is 0 Å². The molecule has 2 aromatic heterocycles. The van der Waals surface area contributed by atoms with E-state index in [4.69, 9.17) is 11.5 Å². The van der Waals surface area contributed by atoms with Crippen molar-refractivity contribution in [3.05, 3.63) is 77.4 Å². The normalized spacial score (nSPS) is 10.8. The number of hydrogen-bond donors (Lipinski definition) is 3. The minimum absolute atomic E-state index is 0.302. The van der Waals surface area contributed by atoms with Gasteiger partial charge in [-0.15, -0.1) is 5.10 Å². The zero-order valence-corrected chi connectivity index (χ0v) is 17.6. The molecule has 0 radical (unpaired) electrons. The summed E-state index contributed by atoms with van der Waals surface area (Å²) >= 11 is 0. The van der Waals surface area contributed by atoms with Crippen molar-refractivity contribution in [3.8, 4) is 11.4 Å². The first kappa shape index (κ1) is 20.8. The van der Waals surface area contributed by atoms with Gasteiger partial charge in [-0.1, -0.05) is 13.0 Å². The van der Waals surface area contributed by atoms with Crippen LogP contribution in [0.15, 0.2) is 54.6 Å². The molecule has 0 bridgehead atoms. The molecule has 0 aliphatic heterocycles. The Bertz CT molecular complexity index is 1300. The van der Waals surface area contributed by atoms with Crippen molar-refractivity contribution in [2.24, 2.45) is 5.73 Å². The van der Waals surface area contributed by atoms with Crippen LogP contribution in [0.1, 0.15) is 39.3 Å². The molecule has 10 heteroatoms. The lowest BCUT2D eigenvalue weighted by atomic mass is 10.2. The third kappa shape index (κ3) is 4.06. The number of carbonyl (C=O) groups excluding carboxylic acids is 2. The van der Waals surface area contributed by atoms with Crippen LogP contribution in [0.4, 0.5) is 11.6 Å². The van der Waals surface area contributed by atoms with E-state index in [1.807, 2.05) is 6.92 Å². The number of hydrogen-bond acceptors (Lipinski definition) is 6. The molecule has 0 saturated heterocycles. The highest BCUT2D eigenvalue weighted by molar-refractivity contribution is 6.03. The summed E-state index contributed by atoms with van der Waals surface area (Å²) < 4.78 is 3.03. The highest BCUT2D eigenvalue weighted by Gasteiger charge is 2.17. The number of nitrogens with zero attached hydrogens (tertiary/aromatic N) is 5. The monoisotopic (exact) mass is 430 g/mol. The number of aryl methyl sites for hydroxylation is 2. The quantitative estimate of drug-likeness (QED) is 0.427. The van der Waals surface area contributed by atoms with Crippen LogP contribution in [0, 0.1) is 6.92 Å². The molecule has 2 amide bonds. The summed E-state index contributed by atoms with van der Waals surface area (Å²) in [5.74, 6) is 0.0531. The average molecular weight is 430 g/mol. The third-order valence-corrected chi connectivity index (χ3v) is 4.80. The molecule has 32 heavy (non-hydrogen) atoms. The Morgan fingerprint density at radius 3 is 2.41 bits per heavy atom. The van der Waals surface area contributed by atoms with Crippen molar-refractivity contribution < 1.29 is 9.59 Å². The molecule has 4 aromatic rings. The highest BCUT2D eigenvalue weighted by Crippen LogP contribution is 2.19. The number of anilines is 2. The van der Waals surface area contributed by atoms with E-state index < -0.39 is 5.91 Å². The number of aromatic nitrogens is 5. The fourth-order valence-electron chi connectivity index (χ4n) is 3.24. The van der Waals surface area contributed by atoms with Gasteiger partial charge in [-0.05, 0) is 55.5 Å². The molecule has 0 fully saturated rings. The predicted octanol–water partition coefficient (Wildman–Crippen LogP) is 2.26. The molecule has 0 atom stereocenters. The maximum Gasteiger partial charge on any atom is 0.274 e. The minimum atomic E-state index is -0.555. The number of nitrogens with one attached hydrogen (secondary N) is 1. The molecular weight excluding hydrogens is 408 g/mol. The molecule has 5 N–H and O–H groups in total. The van der Waals surface area contributed by atoms with Crippen molar-refractivity contribution in [2.75, 3.05) is 11.1 Å². The van der Waals surface area contributed by atoms with Crippen LogP contribution in [0.25, 0.3) is 11.4 Å². The number of nitrogens with two attached hydrogens (primary N) is 2. The van der Waals surface area contributed by atoms with Gasteiger partial charge in [0.1, 0.15) is 5.69 Å². The summed E-state index contributed by atoms with van der Waals surface area (Å²) in [6, 6.07) is 15.4. The number of benzene rings is 2. The first-order valence-corrected chi connectivity index (χ1v) is 9.96. The summed E-state index contributed by atoms with van der Waals surface area (Å²) in [7, 11) is 0. The van der Waals surface area contributed by atoms with E-state index in [1.54, 1.807) is 66.2 Å². The smallest absolute Gasteiger partial charge is 0.274 e. The van der Waals surface area contributed by atoms with Gasteiger partial charge in [0, 0.05) is 17.7 Å². The van der Waals surface area contributed by atoms with Gasteiger partial charge in [0.15, 0.2) is 5.82 Å². The molecule has 2 aromatic carbocycles. The predicted molar refractivity (Wildman–Crippen MR) is 120 cm³/mol. The van der Waals surface area contributed by atoms with Gasteiger partial charge >= 0.3 is 0 Å². The Morgan fingerprint density at radius 1 is 1.00 bits per heavy atom. The summed E-state index contributed by atoms with van der Waals surface area (Å²) in [4.78, 5) is 28.7. The first-order valence-electron chi connectivity index (χ1n) is 9.96. The topological polar surface area (TPSA) is 147 Å². The van der Waals surface area contributed by atoms with Crippen molar-refractivity contribution >= 4 is 23.5 Å². The zero-order valence-electron chi connectivity index (χ0n) is 17.6. The van der Waals surface area contributed by atoms with E-state index in [0.717, 1.165) is 5.69 Å². The number of primary amides is 1. The highest BCUT2D eigenvalue weighted by atomic mass is 16.2. The van der Waals surface area contributed by atoms with Gasteiger partial charge in [0.25, 0.3) is 5.91 Å². The van der Waals surface area contributed by atoms with Crippen molar-refractivity contribution in [2.45, 2.75) is 20.3 Å². The van der Waals surface area contributed by atoms with E-state index in [1.165, 1.54) is 4.68 Å². The molecule has 10 nitrogen and oxygen atoms in total. The fraction of sp³-hybridized carbons (Fsp3) is 0.136. The van der Waals surface area contributed by atoms with Gasteiger partial charge in [0.2, 0.25) is 11.9 Å². The van der Waals surface area contributed by atoms with E-state index in [-0.39, 0.29) is 5.91 Å². The SMILES string of the molecule is CCc1nc(N)n(-c2ccc(NC(=O)c3cc(C)nn3-c3cccc(C(N)=O)c3)cc2)n1. The average Bonchev–Trinajstić information content (AvgIpc) is 3.37. The molecule has 0 saturated carbocycles. The van der Waals surface area contributed by atoms with Gasteiger partial charge in [-0.25, -0.2) is 4.68 Å². The molecule has 2 heterocycles. The van der Waals surface area contributed by atoms with Gasteiger partial charge in [-0.2, -0.15) is 14.8 Å². The summed E-state index contributed by atoms with van der Waals surface area (Å²) in [6.07, 6.45) is 0.681. The summed E-state index contributed by atoms with van der Waals surface area (Å²) in [5.41, 5.74) is 14.5. The standard InChI is InChI=1S/C22H22N8O2/c1-3-19-26-22(24)30(28-19)16-9-7-15(8-10-16)25-21(32)18-11-13(2)27-29(18)17-6-4-5-14(12-17)20(23)31/h4-12H,3H2,1-2H3,(H2,23,31)(H,25,32)(H2,24,26,28). The molecular formula is C22H22N8O2. The molecule has 4 rings (SSSR count). The third-order valence-electron chi connectivity index (χ3n) is 4.80. The minimum Gasteiger partial charge on any atom is -0.368 e. The van der Waals surface area contributed by atoms with E-state index in [2.05, 4.69) is 20.5 Å². The van der Waals surface area contributed by atoms with E-state index in [9.17, 15) is 9.59 Å². The molecule has 0 unspecified atom stereocenters. The van der Waals surface area contributed by atoms with Crippen LogP contribution in [-0.2, 0) is 6.42 Å². The van der Waals surface area contributed by atoms with Gasteiger partial charge in [-0.3, -0.25) is 9.59 Å². The second-order valence-electron chi connectivity index (χ2n) is 7.15.